The maximum atomic E-state index is 11.6. The van der Waals surface area contributed by atoms with Gasteiger partial charge in [-0.05, 0) is 12.8 Å². The Labute approximate surface area is 116 Å². The maximum Gasteiger partial charge on any atom is 0.350 e. The molecule has 6 nitrogen and oxygen atoms in total. The van der Waals surface area contributed by atoms with E-state index in [2.05, 4.69) is 10.1 Å². The standard InChI is InChI=1S/C12H19N3O3S/c1-4-6(5-2)15-11-7(10(14)16)8(13)9(19-11)12(17)18-3/h6,15H,4-5,13H2,1-3H3,(H2,14,16). The van der Waals surface area contributed by atoms with Crippen LogP contribution in [0.15, 0.2) is 0 Å². The molecule has 1 rings (SSSR count). The second kappa shape index (κ2) is 6.42. The Kier molecular flexibility index (Phi) is 5.17. The minimum absolute atomic E-state index is 0.0813. The molecule has 0 fully saturated rings. The molecular formula is C12H19N3O3S. The van der Waals surface area contributed by atoms with E-state index in [-0.39, 0.29) is 22.2 Å². The van der Waals surface area contributed by atoms with Gasteiger partial charge in [-0.15, -0.1) is 11.3 Å². The highest BCUT2D eigenvalue weighted by molar-refractivity contribution is 7.19. The highest BCUT2D eigenvalue weighted by atomic mass is 32.1. The number of amides is 1. The minimum Gasteiger partial charge on any atom is -0.465 e. The largest absolute Gasteiger partial charge is 0.465 e. The number of nitrogen functional groups attached to an aromatic ring is 1. The molecule has 5 N–H and O–H groups in total. The number of primary amides is 1. The van der Waals surface area contributed by atoms with Crippen molar-refractivity contribution >= 4 is 33.9 Å². The average Bonchev–Trinajstić information content (AvgIpc) is 2.71. The van der Waals surface area contributed by atoms with Crippen LogP contribution >= 0.6 is 11.3 Å². The van der Waals surface area contributed by atoms with Crippen molar-refractivity contribution in [1.29, 1.82) is 0 Å². The van der Waals surface area contributed by atoms with Crippen LogP contribution in [-0.2, 0) is 4.74 Å². The van der Waals surface area contributed by atoms with E-state index in [0.29, 0.717) is 5.00 Å². The molecule has 0 saturated heterocycles. The number of hydrogen-bond donors (Lipinski definition) is 3. The number of ether oxygens (including phenoxy) is 1. The Morgan fingerprint density at radius 2 is 1.95 bits per heavy atom. The van der Waals surface area contributed by atoms with Gasteiger partial charge in [-0.1, -0.05) is 13.8 Å². The van der Waals surface area contributed by atoms with Crippen molar-refractivity contribution < 1.29 is 14.3 Å². The van der Waals surface area contributed by atoms with E-state index in [1.807, 2.05) is 13.8 Å². The summed E-state index contributed by atoms with van der Waals surface area (Å²) < 4.78 is 4.63. The van der Waals surface area contributed by atoms with Crippen molar-refractivity contribution in [2.24, 2.45) is 5.73 Å². The van der Waals surface area contributed by atoms with Crippen molar-refractivity contribution in [3.8, 4) is 0 Å². The molecule has 0 aliphatic carbocycles. The van der Waals surface area contributed by atoms with E-state index in [4.69, 9.17) is 11.5 Å². The summed E-state index contributed by atoms with van der Waals surface area (Å²) in [4.78, 5) is 23.3. The van der Waals surface area contributed by atoms with Gasteiger partial charge >= 0.3 is 5.97 Å². The number of carbonyl (C=O) groups excluding carboxylic acids is 2. The van der Waals surface area contributed by atoms with Crippen LogP contribution in [0.5, 0.6) is 0 Å². The minimum atomic E-state index is -0.655. The summed E-state index contributed by atoms with van der Waals surface area (Å²) in [6.07, 6.45) is 1.78. The van der Waals surface area contributed by atoms with E-state index in [0.717, 1.165) is 24.2 Å². The fourth-order valence-corrected chi connectivity index (χ4v) is 2.83. The molecule has 0 aliphatic heterocycles. The molecule has 1 aromatic rings. The fraction of sp³-hybridized carbons (Fsp3) is 0.500. The van der Waals surface area contributed by atoms with E-state index in [1.54, 1.807) is 0 Å². The molecule has 19 heavy (non-hydrogen) atoms. The van der Waals surface area contributed by atoms with E-state index in [9.17, 15) is 9.59 Å². The summed E-state index contributed by atoms with van der Waals surface area (Å²) in [5.41, 5.74) is 11.4. The number of nitrogens with two attached hydrogens (primary N) is 2. The van der Waals surface area contributed by atoms with Crippen LogP contribution in [0.1, 0.15) is 46.7 Å². The molecule has 0 spiro atoms. The molecule has 7 heteroatoms. The summed E-state index contributed by atoms with van der Waals surface area (Å²) >= 11 is 1.09. The van der Waals surface area contributed by atoms with Crippen LogP contribution < -0.4 is 16.8 Å². The molecule has 0 unspecified atom stereocenters. The van der Waals surface area contributed by atoms with Crippen molar-refractivity contribution in [1.82, 2.24) is 0 Å². The number of anilines is 2. The highest BCUT2D eigenvalue weighted by Gasteiger charge is 2.25. The third kappa shape index (κ3) is 3.17. The molecule has 0 bridgehead atoms. The van der Waals surface area contributed by atoms with Gasteiger partial charge in [-0.3, -0.25) is 4.79 Å². The van der Waals surface area contributed by atoms with Crippen LogP contribution in [0.3, 0.4) is 0 Å². The zero-order chi connectivity index (χ0) is 14.6. The van der Waals surface area contributed by atoms with Gasteiger partial charge in [-0.25, -0.2) is 4.79 Å². The SMILES string of the molecule is CCC(CC)Nc1sc(C(=O)OC)c(N)c1C(N)=O. The predicted octanol–water partition coefficient (Wildman–Crippen LogP) is 1.82. The van der Waals surface area contributed by atoms with Gasteiger partial charge < -0.3 is 21.5 Å². The number of hydrogen-bond acceptors (Lipinski definition) is 6. The Morgan fingerprint density at radius 3 is 2.37 bits per heavy atom. The smallest absolute Gasteiger partial charge is 0.350 e. The topological polar surface area (TPSA) is 107 Å². The lowest BCUT2D eigenvalue weighted by Gasteiger charge is -2.15. The second-order valence-electron chi connectivity index (χ2n) is 4.06. The molecule has 1 heterocycles. The summed E-state index contributed by atoms with van der Waals surface area (Å²) in [5, 5.41) is 3.73. The Bertz CT molecular complexity index is 481. The average molecular weight is 285 g/mol. The van der Waals surface area contributed by atoms with Crippen LogP contribution in [0.4, 0.5) is 10.7 Å². The number of methoxy groups -OCH3 is 1. The fourth-order valence-electron chi connectivity index (χ4n) is 1.71. The lowest BCUT2D eigenvalue weighted by atomic mass is 10.1. The molecule has 106 valence electrons. The lowest BCUT2D eigenvalue weighted by molar-refractivity contribution is 0.0607. The van der Waals surface area contributed by atoms with Crippen LogP contribution in [0.25, 0.3) is 0 Å². The van der Waals surface area contributed by atoms with Gasteiger partial charge in [0.1, 0.15) is 9.88 Å². The maximum absolute atomic E-state index is 11.6. The summed E-state index contributed by atoms with van der Waals surface area (Å²) in [5.74, 6) is -1.22. The first-order chi connectivity index (χ1) is 8.96. The molecule has 1 amide bonds. The molecule has 1 aromatic heterocycles. The van der Waals surface area contributed by atoms with E-state index < -0.39 is 11.9 Å². The molecule has 0 saturated carbocycles. The van der Waals surface area contributed by atoms with Gasteiger partial charge in [-0.2, -0.15) is 0 Å². The third-order valence-electron chi connectivity index (χ3n) is 2.88. The molecule has 0 aliphatic rings. The zero-order valence-corrected chi connectivity index (χ0v) is 12.1. The van der Waals surface area contributed by atoms with Crippen molar-refractivity contribution in [3.63, 3.8) is 0 Å². The van der Waals surface area contributed by atoms with Gasteiger partial charge in [0, 0.05) is 6.04 Å². The van der Waals surface area contributed by atoms with Gasteiger partial charge in [0.05, 0.1) is 18.4 Å². The molecule has 0 radical (unpaired) electrons. The van der Waals surface area contributed by atoms with Gasteiger partial charge in [0.25, 0.3) is 5.91 Å². The Morgan fingerprint density at radius 1 is 1.37 bits per heavy atom. The Balaban J connectivity index is 3.22. The lowest BCUT2D eigenvalue weighted by Crippen LogP contribution is -2.20. The quantitative estimate of drug-likeness (QED) is 0.691. The van der Waals surface area contributed by atoms with E-state index in [1.165, 1.54) is 7.11 Å². The normalized spacial score (nSPS) is 10.5. The number of esters is 1. The number of rotatable bonds is 6. The van der Waals surface area contributed by atoms with Crippen molar-refractivity contribution in [2.45, 2.75) is 32.7 Å². The first kappa shape index (κ1) is 15.3. The van der Waals surface area contributed by atoms with E-state index >= 15 is 0 Å². The summed E-state index contributed by atoms with van der Waals surface area (Å²) in [7, 11) is 1.26. The number of nitrogens with one attached hydrogen (secondary N) is 1. The van der Waals surface area contributed by atoms with Crippen molar-refractivity contribution in [3.05, 3.63) is 10.4 Å². The summed E-state index contributed by atoms with van der Waals surface area (Å²) in [6.45, 7) is 4.06. The van der Waals surface area contributed by atoms with Gasteiger partial charge in [0.15, 0.2) is 0 Å². The van der Waals surface area contributed by atoms with Crippen LogP contribution in [-0.4, -0.2) is 25.0 Å². The monoisotopic (exact) mass is 285 g/mol. The first-order valence-electron chi connectivity index (χ1n) is 6.03. The van der Waals surface area contributed by atoms with Crippen LogP contribution in [0.2, 0.25) is 0 Å². The van der Waals surface area contributed by atoms with Crippen LogP contribution in [0, 0.1) is 0 Å². The number of carbonyl (C=O) groups is 2. The zero-order valence-electron chi connectivity index (χ0n) is 11.3. The van der Waals surface area contributed by atoms with Crippen molar-refractivity contribution in [2.75, 3.05) is 18.2 Å². The van der Waals surface area contributed by atoms with Gasteiger partial charge in [0.2, 0.25) is 0 Å². The molecule has 0 atom stereocenters. The Hall–Kier alpha value is -1.76. The first-order valence-corrected chi connectivity index (χ1v) is 6.84. The predicted molar refractivity (Wildman–Crippen MR) is 76.6 cm³/mol. The highest BCUT2D eigenvalue weighted by Crippen LogP contribution is 2.36. The number of thiophene rings is 1. The molecular weight excluding hydrogens is 266 g/mol. The second-order valence-corrected chi connectivity index (χ2v) is 5.08. The summed E-state index contributed by atoms with van der Waals surface area (Å²) in [6, 6.07) is 0.196. The molecule has 0 aromatic carbocycles. The third-order valence-corrected chi connectivity index (χ3v) is 4.00.